The molecule has 1 saturated carbocycles. The number of nitriles is 1. The zero-order valence-electron chi connectivity index (χ0n) is 13.9. The number of nitrogens with zero attached hydrogens (tertiary/aromatic N) is 2. The Morgan fingerprint density at radius 2 is 2.09 bits per heavy atom. The lowest BCUT2D eigenvalue weighted by Crippen LogP contribution is -2.44. The molecular weight excluding hydrogens is 291 g/mol. The van der Waals surface area contributed by atoms with E-state index in [4.69, 9.17) is 5.26 Å². The van der Waals surface area contributed by atoms with E-state index in [-0.39, 0.29) is 5.82 Å². The van der Waals surface area contributed by atoms with Crippen molar-refractivity contribution in [3.05, 3.63) is 35.1 Å². The lowest BCUT2D eigenvalue weighted by Gasteiger charge is -2.29. The fraction of sp³-hybridized carbons (Fsp3) is 0.556. The van der Waals surface area contributed by atoms with Gasteiger partial charge in [0.1, 0.15) is 5.82 Å². The highest BCUT2D eigenvalue weighted by molar-refractivity contribution is 5.79. The van der Waals surface area contributed by atoms with Crippen molar-refractivity contribution in [3.63, 3.8) is 0 Å². The maximum atomic E-state index is 13.8. The number of aliphatic imine (C=N–C) groups is 1. The standard InChI is InChI=1S/C18H25FN4/c1-3-13-4-7-16(8-5-13)23-18(21-2)22-12-15-10-14(11-20)6-9-17(15)19/h6,9-10,13,16H,3-5,7-8,12H2,1-2H3,(H2,21,22,23). The summed E-state index contributed by atoms with van der Waals surface area (Å²) in [5.41, 5.74) is 0.936. The number of hydrogen-bond acceptors (Lipinski definition) is 2. The van der Waals surface area contributed by atoms with Crippen LogP contribution in [0.25, 0.3) is 0 Å². The molecule has 2 rings (SSSR count). The monoisotopic (exact) mass is 316 g/mol. The number of nitrogens with one attached hydrogen (secondary N) is 2. The Bertz CT molecular complexity index is 583. The first-order valence-corrected chi connectivity index (χ1v) is 8.32. The van der Waals surface area contributed by atoms with Gasteiger partial charge in [0.25, 0.3) is 0 Å². The summed E-state index contributed by atoms with van der Waals surface area (Å²) in [5, 5.41) is 15.5. The number of benzene rings is 1. The van der Waals surface area contributed by atoms with E-state index in [1.54, 1.807) is 13.1 Å². The summed E-state index contributed by atoms with van der Waals surface area (Å²) in [4.78, 5) is 4.22. The van der Waals surface area contributed by atoms with Gasteiger partial charge in [0.05, 0.1) is 11.6 Å². The van der Waals surface area contributed by atoms with Crippen molar-refractivity contribution in [2.75, 3.05) is 7.05 Å². The molecule has 2 N–H and O–H groups in total. The van der Waals surface area contributed by atoms with E-state index in [0.29, 0.717) is 29.7 Å². The molecule has 0 amide bonds. The van der Waals surface area contributed by atoms with Gasteiger partial charge >= 0.3 is 0 Å². The predicted molar refractivity (Wildman–Crippen MR) is 90.5 cm³/mol. The van der Waals surface area contributed by atoms with Gasteiger partial charge in [0.15, 0.2) is 5.96 Å². The molecule has 1 aromatic rings. The number of rotatable bonds is 4. The summed E-state index contributed by atoms with van der Waals surface area (Å²) in [6.45, 7) is 2.56. The van der Waals surface area contributed by atoms with Crippen molar-refractivity contribution < 1.29 is 4.39 Å². The Morgan fingerprint density at radius 1 is 1.35 bits per heavy atom. The van der Waals surface area contributed by atoms with E-state index in [1.807, 2.05) is 6.07 Å². The second-order valence-electron chi connectivity index (χ2n) is 6.11. The molecule has 1 aliphatic carbocycles. The van der Waals surface area contributed by atoms with Crippen molar-refractivity contribution in [2.45, 2.75) is 51.6 Å². The van der Waals surface area contributed by atoms with Crippen LogP contribution in [0.5, 0.6) is 0 Å². The first kappa shape index (κ1) is 17.3. The Hall–Kier alpha value is -2.09. The number of halogens is 1. The van der Waals surface area contributed by atoms with Gasteiger partial charge < -0.3 is 10.6 Å². The van der Waals surface area contributed by atoms with E-state index >= 15 is 0 Å². The van der Waals surface area contributed by atoms with Crippen LogP contribution < -0.4 is 10.6 Å². The zero-order valence-corrected chi connectivity index (χ0v) is 13.9. The molecule has 1 aromatic carbocycles. The Labute approximate surface area is 137 Å². The maximum absolute atomic E-state index is 13.8. The molecule has 0 radical (unpaired) electrons. The average molecular weight is 316 g/mol. The fourth-order valence-corrected chi connectivity index (χ4v) is 3.06. The van der Waals surface area contributed by atoms with Crippen molar-refractivity contribution in [3.8, 4) is 6.07 Å². The molecule has 0 aliphatic heterocycles. The van der Waals surface area contributed by atoms with Gasteiger partial charge in [-0.05, 0) is 49.8 Å². The van der Waals surface area contributed by atoms with Crippen LogP contribution in [0.4, 0.5) is 4.39 Å². The third kappa shape index (κ3) is 4.95. The molecule has 4 nitrogen and oxygen atoms in total. The van der Waals surface area contributed by atoms with Crippen LogP contribution in [0.15, 0.2) is 23.2 Å². The van der Waals surface area contributed by atoms with Crippen LogP contribution in [0.3, 0.4) is 0 Å². The SMILES string of the molecule is CCC1CCC(NC(=NC)NCc2cc(C#N)ccc2F)CC1. The third-order valence-electron chi connectivity index (χ3n) is 4.61. The van der Waals surface area contributed by atoms with Gasteiger partial charge in [0, 0.05) is 25.2 Å². The smallest absolute Gasteiger partial charge is 0.191 e. The van der Waals surface area contributed by atoms with Gasteiger partial charge in [-0.25, -0.2) is 4.39 Å². The Morgan fingerprint density at radius 3 is 2.70 bits per heavy atom. The lowest BCUT2D eigenvalue weighted by molar-refractivity contribution is 0.304. The molecule has 23 heavy (non-hydrogen) atoms. The largest absolute Gasteiger partial charge is 0.354 e. The highest BCUT2D eigenvalue weighted by atomic mass is 19.1. The minimum atomic E-state index is -0.310. The first-order chi connectivity index (χ1) is 11.2. The summed E-state index contributed by atoms with van der Waals surface area (Å²) < 4.78 is 13.8. The lowest BCUT2D eigenvalue weighted by atomic mass is 9.84. The van der Waals surface area contributed by atoms with E-state index in [9.17, 15) is 4.39 Å². The van der Waals surface area contributed by atoms with E-state index < -0.39 is 0 Å². The number of guanidine groups is 1. The van der Waals surface area contributed by atoms with Gasteiger partial charge in [-0.2, -0.15) is 5.26 Å². The van der Waals surface area contributed by atoms with Gasteiger partial charge in [0.2, 0.25) is 0 Å². The van der Waals surface area contributed by atoms with Crippen LogP contribution >= 0.6 is 0 Å². The molecule has 1 fully saturated rings. The molecule has 0 heterocycles. The molecule has 0 aromatic heterocycles. The molecule has 124 valence electrons. The Kier molecular flexibility index (Phi) is 6.40. The predicted octanol–water partition coefficient (Wildman–Crippen LogP) is 3.33. The van der Waals surface area contributed by atoms with E-state index in [0.717, 1.165) is 18.8 Å². The van der Waals surface area contributed by atoms with E-state index in [2.05, 4.69) is 22.5 Å². The fourth-order valence-electron chi connectivity index (χ4n) is 3.06. The van der Waals surface area contributed by atoms with Crippen LogP contribution in [-0.2, 0) is 6.54 Å². The van der Waals surface area contributed by atoms with Crippen molar-refractivity contribution >= 4 is 5.96 Å². The molecule has 0 atom stereocenters. The topological polar surface area (TPSA) is 60.2 Å². The summed E-state index contributed by atoms with van der Waals surface area (Å²) >= 11 is 0. The summed E-state index contributed by atoms with van der Waals surface area (Å²) in [6.07, 6.45) is 6.07. The van der Waals surface area contributed by atoms with Gasteiger partial charge in [-0.1, -0.05) is 13.3 Å². The van der Waals surface area contributed by atoms with Crippen LogP contribution in [0.1, 0.15) is 50.2 Å². The molecule has 0 bridgehead atoms. The van der Waals surface area contributed by atoms with Crippen LogP contribution in [0, 0.1) is 23.1 Å². The molecule has 0 saturated heterocycles. The highest BCUT2D eigenvalue weighted by Gasteiger charge is 2.20. The van der Waals surface area contributed by atoms with Crippen molar-refractivity contribution in [1.82, 2.24) is 10.6 Å². The third-order valence-corrected chi connectivity index (χ3v) is 4.61. The maximum Gasteiger partial charge on any atom is 0.191 e. The minimum Gasteiger partial charge on any atom is -0.354 e. The summed E-state index contributed by atoms with van der Waals surface area (Å²) in [5.74, 6) is 1.23. The molecule has 0 spiro atoms. The summed E-state index contributed by atoms with van der Waals surface area (Å²) in [6, 6.07) is 6.85. The molecule has 0 unspecified atom stereocenters. The minimum absolute atomic E-state index is 0.310. The second kappa shape index (κ2) is 8.52. The normalized spacial score (nSPS) is 21.6. The average Bonchev–Trinajstić information content (AvgIpc) is 2.60. The quantitative estimate of drug-likeness (QED) is 0.661. The van der Waals surface area contributed by atoms with Gasteiger partial charge in [-0.15, -0.1) is 0 Å². The molecule has 1 aliphatic rings. The molecular formula is C18H25FN4. The Balaban J connectivity index is 1.88. The molecule has 5 heteroatoms. The van der Waals surface area contributed by atoms with Gasteiger partial charge in [-0.3, -0.25) is 4.99 Å². The van der Waals surface area contributed by atoms with Crippen molar-refractivity contribution in [1.29, 1.82) is 5.26 Å². The summed E-state index contributed by atoms with van der Waals surface area (Å²) in [7, 11) is 1.72. The first-order valence-electron chi connectivity index (χ1n) is 8.32. The highest BCUT2D eigenvalue weighted by Crippen LogP contribution is 2.26. The van der Waals surface area contributed by atoms with Crippen LogP contribution in [-0.4, -0.2) is 19.0 Å². The van der Waals surface area contributed by atoms with E-state index in [1.165, 1.54) is 31.4 Å². The number of hydrogen-bond donors (Lipinski definition) is 2. The second-order valence-corrected chi connectivity index (χ2v) is 6.11. The van der Waals surface area contributed by atoms with Crippen LogP contribution in [0.2, 0.25) is 0 Å². The zero-order chi connectivity index (χ0) is 16.7. The van der Waals surface area contributed by atoms with Crippen molar-refractivity contribution in [2.24, 2.45) is 10.9 Å².